The zero-order valence-corrected chi connectivity index (χ0v) is 16.1. The Hall–Kier alpha value is -2.79. The van der Waals surface area contributed by atoms with Gasteiger partial charge in [0.15, 0.2) is 0 Å². The standard InChI is InChI=1S/C22H22O4S/c1-17-5-3-7-21(8-4-6-17)27(23,24)22-15-13-20(14-16-22)26-19-11-9-18(25-2)10-12-19/h3-5,7-17H,6H2,1-2H3/b5-3+,8-4?,21-7?. The lowest BCUT2D eigenvalue weighted by molar-refractivity contribution is 0.413. The number of ether oxygens (including phenoxy) is 2. The van der Waals surface area contributed by atoms with Crippen molar-refractivity contribution in [1.29, 1.82) is 0 Å². The molecule has 140 valence electrons. The quantitative estimate of drug-likeness (QED) is 0.704. The minimum absolute atomic E-state index is 0.238. The number of methoxy groups -OCH3 is 1. The van der Waals surface area contributed by atoms with E-state index in [0.717, 1.165) is 12.2 Å². The van der Waals surface area contributed by atoms with Crippen LogP contribution in [0.5, 0.6) is 17.2 Å². The number of sulfone groups is 1. The molecule has 0 amide bonds. The molecule has 1 aliphatic carbocycles. The van der Waals surface area contributed by atoms with Gasteiger partial charge in [-0.1, -0.05) is 25.2 Å². The van der Waals surface area contributed by atoms with Crippen molar-refractivity contribution in [3.05, 3.63) is 83.8 Å². The first-order valence-electron chi connectivity index (χ1n) is 8.71. The monoisotopic (exact) mass is 382 g/mol. The molecular weight excluding hydrogens is 360 g/mol. The normalized spacial score (nSPS) is 18.1. The molecule has 0 saturated carbocycles. The van der Waals surface area contributed by atoms with E-state index >= 15 is 0 Å². The molecule has 5 heteroatoms. The lowest BCUT2D eigenvalue weighted by Gasteiger charge is -2.10. The average molecular weight is 382 g/mol. The van der Waals surface area contributed by atoms with Gasteiger partial charge in [0.1, 0.15) is 17.2 Å². The summed E-state index contributed by atoms with van der Waals surface area (Å²) in [5.74, 6) is 2.36. The highest BCUT2D eigenvalue weighted by Crippen LogP contribution is 2.27. The fraction of sp³-hybridized carbons (Fsp3) is 0.182. The third kappa shape index (κ3) is 4.68. The van der Waals surface area contributed by atoms with Crippen LogP contribution >= 0.6 is 0 Å². The van der Waals surface area contributed by atoms with E-state index in [2.05, 4.69) is 6.92 Å². The summed E-state index contributed by atoms with van der Waals surface area (Å²) in [6.07, 6.45) is 9.85. The molecule has 4 nitrogen and oxygen atoms in total. The number of hydrogen-bond acceptors (Lipinski definition) is 4. The predicted octanol–water partition coefficient (Wildman–Crippen LogP) is 5.30. The third-order valence-corrected chi connectivity index (χ3v) is 6.02. The first-order valence-corrected chi connectivity index (χ1v) is 10.2. The molecule has 0 aliphatic heterocycles. The van der Waals surface area contributed by atoms with Crippen molar-refractivity contribution in [1.82, 2.24) is 0 Å². The zero-order chi connectivity index (χ0) is 19.3. The van der Waals surface area contributed by atoms with Gasteiger partial charge in [0.2, 0.25) is 9.84 Å². The second-order valence-corrected chi connectivity index (χ2v) is 8.27. The molecule has 1 unspecified atom stereocenters. The second-order valence-electron chi connectivity index (χ2n) is 6.32. The van der Waals surface area contributed by atoms with Crippen LogP contribution < -0.4 is 9.47 Å². The highest BCUT2D eigenvalue weighted by Gasteiger charge is 2.19. The minimum Gasteiger partial charge on any atom is -0.497 e. The second kappa shape index (κ2) is 8.27. The van der Waals surface area contributed by atoms with Crippen molar-refractivity contribution in [3.63, 3.8) is 0 Å². The molecule has 1 aliphatic rings. The van der Waals surface area contributed by atoms with E-state index in [1.165, 1.54) is 0 Å². The molecule has 1 atom stereocenters. The van der Waals surface area contributed by atoms with Gasteiger partial charge in [-0.25, -0.2) is 8.42 Å². The topological polar surface area (TPSA) is 52.6 Å². The molecule has 27 heavy (non-hydrogen) atoms. The number of rotatable bonds is 5. The first-order chi connectivity index (χ1) is 13.0. The zero-order valence-electron chi connectivity index (χ0n) is 15.3. The van der Waals surface area contributed by atoms with Crippen molar-refractivity contribution < 1.29 is 17.9 Å². The molecule has 0 heterocycles. The maximum atomic E-state index is 12.9. The van der Waals surface area contributed by atoms with Gasteiger partial charge in [0.05, 0.1) is 16.9 Å². The summed E-state index contributed by atoms with van der Waals surface area (Å²) in [4.78, 5) is 0.525. The van der Waals surface area contributed by atoms with Crippen LogP contribution in [0.3, 0.4) is 0 Å². The number of benzene rings is 2. The highest BCUT2D eigenvalue weighted by molar-refractivity contribution is 7.95. The van der Waals surface area contributed by atoms with E-state index in [4.69, 9.17) is 9.47 Å². The fourth-order valence-electron chi connectivity index (χ4n) is 2.65. The van der Waals surface area contributed by atoms with Crippen LogP contribution in [0, 0.1) is 5.92 Å². The van der Waals surface area contributed by atoms with Gasteiger partial charge in [0.25, 0.3) is 0 Å². The Kier molecular flexibility index (Phi) is 5.81. The molecule has 0 spiro atoms. The summed E-state index contributed by atoms with van der Waals surface area (Å²) in [6.45, 7) is 2.09. The summed E-state index contributed by atoms with van der Waals surface area (Å²) in [7, 11) is -1.96. The van der Waals surface area contributed by atoms with Crippen molar-refractivity contribution >= 4 is 9.84 Å². The Morgan fingerprint density at radius 3 is 2.15 bits per heavy atom. The molecule has 0 bridgehead atoms. The maximum absolute atomic E-state index is 12.9. The van der Waals surface area contributed by atoms with E-state index in [-0.39, 0.29) is 9.80 Å². The van der Waals surface area contributed by atoms with Gasteiger partial charge in [-0.3, -0.25) is 0 Å². The molecule has 0 aromatic heterocycles. The summed E-state index contributed by atoms with van der Waals surface area (Å²) in [6, 6.07) is 13.6. The Balaban J connectivity index is 1.79. The average Bonchev–Trinajstić information content (AvgIpc) is 2.65. The van der Waals surface area contributed by atoms with E-state index in [9.17, 15) is 8.42 Å². The summed E-state index contributed by atoms with van der Waals surface area (Å²) < 4.78 is 36.6. The Labute approximate surface area is 160 Å². The van der Waals surface area contributed by atoms with E-state index in [1.54, 1.807) is 67.8 Å². The van der Waals surface area contributed by atoms with Crippen LogP contribution in [0.15, 0.2) is 88.7 Å². The molecular formula is C22H22O4S. The Morgan fingerprint density at radius 1 is 0.926 bits per heavy atom. The maximum Gasteiger partial charge on any atom is 0.206 e. The Bertz CT molecular complexity index is 966. The van der Waals surface area contributed by atoms with E-state index < -0.39 is 9.84 Å². The highest BCUT2D eigenvalue weighted by atomic mass is 32.2. The smallest absolute Gasteiger partial charge is 0.206 e. The van der Waals surface area contributed by atoms with Crippen LogP contribution in [0.25, 0.3) is 0 Å². The number of hydrogen-bond donors (Lipinski definition) is 0. The summed E-state index contributed by atoms with van der Waals surface area (Å²) in [5.41, 5.74) is 0. The first kappa shape index (κ1) is 19.0. The lowest BCUT2D eigenvalue weighted by Crippen LogP contribution is -2.04. The SMILES string of the molecule is COc1ccc(Oc2ccc(S(=O)(=O)C3=C/C=C/C(C)CC=C3)cc2)cc1. The van der Waals surface area contributed by atoms with Crippen molar-refractivity contribution in [2.45, 2.75) is 18.2 Å². The van der Waals surface area contributed by atoms with Gasteiger partial charge in [-0.05, 0) is 73.0 Å². The third-order valence-electron chi connectivity index (χ3n) is 4.23. The minimum atomic E-state index is -3.57. The van der Waals surface area contributed by atoms with Gasteiger partial charge < -0.3 is 9.47 Å². The van der Waals surface area contributed by atoms with Crippen LogP contribution in [-0.4, -0.2) is 15.5 Å². The molecule has 2 aromatic carbocycles. The van der Waals surface area contributed by atoms with Crippen LogP contribution in [0.2, 0.25) is 0 Å². The van der Waals surface area contributed by atoms with E-state index in [0.29, 0.717) is 17.4 Å². The fourth-order valence-corrected chi connectivity index (χ4v) is 3.95. The molecule has 2 aromatic rings. The predicted molar refractivity (Wildman–Crippen MR) is 107 cm³/mol. The molecule has 0 radical (unpaired) electrons. The van der Waals surface area contributed by atoms with Crippen LogP contribution in [0.1, 0.15) is 13.3 Å². The van der Waals surface area contributed by atoms with Crippen LogP contribution in [-0.2, 0) is 9.84 Å². The molecule has 0 saturated heterocycles. The van der Waals surface area contributed by atoms with Crippen molar-refractivity contribution in [2.24, 2.45) is 5.92 Å². The van der Waals surface area contributed by atoms with Gasteiger partial charge in [0, 0.05) is 0 Å². The van der Waals surface area contributed by atoms with Crippen molar-refractivity contribution in [2.75, 3.05) is 7.11 Å². The molecule has 0 N–H and O–H groups in total. The summed E-state index contributed by atoms with van der Waals surface area (Å²) in [5, 5.41) is 0. The Morgan fingerprint density at radius 2 is 1.52 bits per heavy atom. The number of allylic oxidation sites excluding steroid dienone is 5. The van der Waals surface area contributed by atoms with Crippen LogP contribution in [0.4, 0.5) is 0 Å². The molecule has 0 fully saturated rings. The summed E-state index contributed by atoms with van der Waals surface area (Å²) >= 11 is 0. The van der Waals surface area contributed by atoms with Crippen molar-refractivity contribution in [3.8, 4) is 17.2 Å². The van der Waals surface area contributed by atoms with Gasteiger partial charge >= 0.3 is 0 Å². The van der Waals surface area contributed by atoms with Gasteiger partial charge in [-0.2, -0.15) is 0 Å². The van der Waals surface area contributed by atoms with E-state index in [1.807, 2.05) is 18.2 Å². The molecule has 3 rings (SSSR count). The largest absolute Gasteiger partial charge is 0.497 e. The van der Waals surface area contributed by atoms with Gasteiger partial charge in [-0.15, -0.1) is 0 Å². The lowest BCUT2D eigenvalue weighted by atomic mass is 10.1.